The van der Waals surface area contributed by atoms with Gasteiger partial charge in [0.2, 0.25) is 0 Å². The van der Waals surface area contributed by atoms with E-state index >= 15 is 0 Å². The van der Waals surface area contributed by atoms with Crippen LogP contribution in [0.4, 0.5) is 0 Å². The number of aldehydes is 1. The van der Waals surface area contributed by atoms with Gasteiger partial charge in [0.1, 0.15) is 6.29 Å². The van der Waals surface area contributed by atoms with E-state index in [1.165, 1.54) is 19.3 Å². The van der Waals surface area contributed by atoms with E-state index < -0.39 is 11.2 Å². The lowest BCUT2D eigenvalue weighted by atomic mass is 9.45. The van der Waals surface area contributed by atoms with Gasteiger partial charge in [-0.15, -0.1) is 0 Å². The van der Waals surface area contributed by atoms with Crippen LogP contribution in [-0.2, 0) is 0 Å². The third-order valence-corrected chi connectivity index (χ3v) is 8.41. The fourth-order valence-electron chi connectivity index (χ4n) is 6.75. The van der Waals surface area contributed by atoms with Crippen molar-refractivity contribution in [2.45, 2.75) is 90.8 Å². The molecule has 1 aromatic rings. The summed E-state index contributed by atoms with van der Waals surface area (Å²) < 4.78 is 0. The van der Waals surface area contributed by atoms with E-state index in [9.17, 15) is 15.0 Å². The Kier molecular flexibility index (Phi) is 6.38. The molecule has 1 aromatic carbocycles. The first-order chi connectivity index (χ1) is 13.9. The van der Waals surface area contributed by atoms with E-state index in [0.29, 0.717) is 23.3 Å². The highest BCUT2D eigenvalue weighted by molar-refractivity contribution is 5.75. The summed E-state index contributed by atoms with van der Waals surface area (Å²) >= 11 is 0. The van der Waals surface area contributed by atoms with Crippen molar-refractivity contribution in [3.05, 3.63) is 41.5 Å². The molecule has 0 amide bonds. The molecule has 0 heterocycles. The zero-order chi connectivity index (χ0) is 22.2. The van der Waals surface area contributed by atoms with Crippen molar-refractivity contribution < 1.29 is 15.0 Å². The van der Waals surface area contributed by atoms with E-state index in [-0.39, 0.29) is 11.3 Å². The summed E-state index contributed by atoms with van der Waals surface area (Å²) in [6.45, 7) is 11.1. The van der Waals surface area contributed by atoms with Crippen molar-refractivity contribution in [3.8, 4) is 0 Å². The Morgan fingerprint density at radius 2 is 1.70 bits per heavy atom. The van der Waals surface area contributed by atoms with Crippen LogP contribution in [0.3, 0.4) is 0 Å². The second kappa shape index (κ2) is 8.24. The van der Waals surface area contributed by atoms with Crippen LogP contribution in [0.15, 0.2) is 30.3 Å². The molecule has 0 aromatic heterocycles. The lowest BCUT2D eigenvalue weighted by Crippen LogP contribution is -2.57. The first kappa shape index (κ1) is 23.2. The number of fused-ring (bicyclic) bond motifs is 1. The number of aliphatic hydroxyl groups is 2. The molecule has 3 nitrogen and oxygen atoms in total. The van der Waals surface area contributed by atoms with E-state index in [2.05, 4.69) is 20.8 Å². The maximum absolute atomic E-state index is 11.3. The molecule has 2 aliphatic rings. The molecule has 2 saturated carbocycles. The second-order valence-corrected chi connectivity index (χ2v) is 11.4. The molecule has 0 radical (unpaired) electrons. The largest absolute Gasteiger partial charge is 0.390 e. The molecule has 30 heavy (non-hydrogen) atoms. The second-order valence-electron chi connectivity index (χ2n) is 11.4. The van der Waals surface area contributed by atoms with Crippen LogP contribution in [0, 0.1) is 22.7 Å². The minimum atomic E-state index is -0.938. The van der Waals surface area contributed by atoms with Crippen LogP contribution in [0.1, 0.15) is 95.5 Å². The average molecular weight is 413 g/mol. The highest BCUT2D eigenvalue weighted by Crippen LogP contribution is 2.63. The Balaban J connectivity index is 1.74. The Labute approximate surface area is 182 Å². The number of hydrogen-bond acceptors (Lipinski definition) is 3. The average Bonchev–Trinajstić information content (AvgIpc) is 2.65. The lowest BCUT2D eigenvalue weighted by Gasteiger charge is -2.61. The van der Waals surface area contributed by atoms with Gasteiger partial charge in [-0.2, -0.15) is 0 Å². The predicted octanol–water partition coefficient (Wildman–Crippen LogP) is 6.04. The van der Waals surface area contributed by atoms with Gasteiger partial charge in [-0.1, -0.05) is 63.6 Å². The van der Waals surface area contributed by atoms with Gasteiger partial charge >= 0.3 is 0 Å². The van der Waals surface area contributed by atoms with Crippen LogP contribution in [0.2, 0.25) is 0 Å². The summed E-state index contributed by atoms with van der Waals surface area (Å²) in [5, 5.41) is 22.4. The minimum absolute atomic E-state index is 0.119. The molecule has 0 bridgehead atoms. The number of hydrogen-bond donors (Lipinski definition) is 2. The van der Waals surface area contributed by atoms with Gasteiger partial charge in [0.05, 0.1) is 11.2 Å². The Hall–Kier alpha value is -1.45. The van der Waals surface area contributed by atoms with E-state index in [1.54, 1.807) is 12.1 Å². The summed E-state index contributed by atoms with van der Waals surface area (Å²) in [5.74, 6) is 0.816. The van der Waals surface area contributed by atoms with Crippen LogP contribution >= 0.6 is 0 Å². The van der Waals surface area contributed by atoms with Crippen molar-refractivity contribution in [2.75, 3.05) is 0 Å². The number of benzene rings is 1. The van der Waals surface area contributed by atoms with Crippen LogP contribution in [-0.4, -0.2) is 27.7 Å². The molecule has 2 N–H and O–H groups in total. The molecular weight excluding hydrogens is 372 g/mol. The van der Waals surface area contributed by atoms with Gasteiger partial charge in [0.15, 0.2) is 0 Å². The fraction of sp³-hybridized carbons (Fsp3) is 0.667. The third-order valence-electron chi connectivity index (χ3n) is 8.41. The number of carbonyl (C=O) groups excluding carboxylic acids is 1. The van der Waals surface area contributed by atoms with Gasteiger partial charge in [0, 0.05) is 5.56 Å². The van der Waals surface area contributed by atoms with Crippen molar-refractivity contribution in [2.24, 2.45) is 22.7 Å². The van der Waals surface area contributed by atoms with E-state index in [0.717, 1.165) is 31.1 Å². The molecule has 3 heteroatoms. The molecule has 166 valence electrons. The maximum Gasteiger partial charge on any atom is 0.150 e. The molecule has 0 spiro atoms. The van der Waals surface area contributed by atoms with Gasteiger partial charge in [-0.25, -0.2) is 0 Å². The quantitative estimate of drug-likeness (QED) is 0.560. The molecule has 3 rings (SSSR count). The van der Waals surface area contributed by atoms with Gasteiger partial charge in [0.25, 0.3) is 0 Å². The van der Waals surface area contributed by atoms with Crippen molar-refractivity contribution in [1.29, 1.82) is 0 Å². The SMILES string of the molecule is CC1(C)CCC[C@@]2(C)C1CC[C@@](C)(O)C2CC[C@@](C)(O)/C=C/c1ccc(C=O)cc1. The molecular formula is C27H40O3. The summed E-state index contributed by atoms with van der Waals surface area (Å²) in [6, 6.07) is 7.34. The molecule has 2 fully saturated rings. The molecule has 2 unspecified atom stereocenters. The first-order valence-electron chi connectivity index (χ1n) is 11.6. The molecule has 2 aliphatic carbocycles. The molecule has 5 atom stereocenters. The highest BCUT2D eigenvalue weighted by Gasteiger charge is 2.57. The van der Waals surface area contributed by atoms with E-state index in [4.69, 9.17) is 0 Å². The highest BCUT2D eigenvalue weighted by atomic mass is 16.3. The number of carbonyl (C=O) groups is 1. The molecule has 0 aliphatic heterocycles. The Bertz CT molecular complexity index is 772. The van der Waals surface area contributed by atoms with Gasteiger partial charge in [-0.05, 0) is 80.6 Å². The monoisotopic (exact) mass is 412 g/mol. The minimum Gasteiger partial charge on any atom is -0.390 e. The zero-order valence-electron chi connectivity index (χ0n) is 19.4. The van der Waals surface area contributed by atoms with Crippen molar-refractivity contribution in [3.63, 3.8) is 0 Å². The zero-order valence-corrected chi connectivity index (χ0v) is 19.4. The Morgan fingerprint density at radius 3 is 2.33 bits per heavy atom. The summed E-state index contributed by atoms with van der Waals surface area (Å²) in [4.78, 5) is 10.8. The van der Waals surface area contributed by atoms with Gasteiger partial charge in [-0.3, -0.25) is 4.79 Å². The Morgan fingerprint density at radius 1 is 1.07 bits per heavy atom. The smallest absolute Gasteiger partial charge is 0.150 e. The summed E-state index contributed by atoms with van der Waals surface area (Å²) in [5.41, 5.74) is 0.435. The topological polar surface area (TPSA) is 57.5 Å². The van der Waals surface area contributed by atoms with Crippen molar-refractivity contribution in [1.82, 2.24) is 0 Å². The first-order valence-corrected chi connectivity index (χ1v) is 11.6. The van der Waals surface area contributed by atoms with E-state index in [1.807, 2.05) is 38.1 Å². The maximum atomic E-state index is 11.3. The lowest BCUT2D eigenvalue weighted by molar-refractivity contribution is -0.171. The van der Waals surface area contributed by atoms with Crippen LogP contribution < -0.4 is 0 Å². The molecule has 0 saturated heterocycles. The normalized spacial score (nSPS) is 35.6. The van der Waals surface area contributed by atoms with Gasteiger partial charge < -0.3 is 10.2 Å². The van der Waals surface area contributed by atoms with Crippen LogP contribution in [0.5, 0.6) is 0 Å². The van der Waals surface area contributed by atoms with Crippen molar-refractivity contribution >= 4 is 12.4 Å². The number of rotatable bonds is 6. The van der Waals surface area contributed by atoms with Crippen LogP contribution in [0.25, 0.3) is 6.08 Å². The summed E-state index contributed by atoms with van der Waals surface area (Å²) in [7, 11) is 0. The summed E-state index contributed by atoms with van der Waals surface area (Å²) in [6.07, 6.45) is 11.7. The third kappa shape index (κ3) is 4.73. The predicted molar refractivity (Wildman–Crippen MR) is 123 cm³/mol. The fourth-order valence-corrected chi connectivity index (χ4v) is 6.75. The standard InChI is InChI=1S/C27H40O3/c1-24(2)14-6-15-26(4)22(24)13-18-27(5,30)23(26)12-17-25(3,29)16-11-20-7-9-21(19-28)10-8-20/h7-11,16,19,22-23,29-30H,6,12-15,17-18H2,1-5H3/b16-11+/t22?,23?,25-,26-,27+/m0/s1.